The van der Waals surface area contributed by atoms with E-state index in [1.165, 1.54) is 5.56 Å². The van der Waals surface area contributed by atoms with Crippen LogP contribution in [0.4, 0.5) is 5.69 Å². The molecule has 3 rings (SSSR count). The number of para-hydroxylation sites is 1. The molecule has 0 saturated carbocycles. The zero-order valence-corrected chi connectivity index (χ0v) is 15.7. The molecule has 1 aliphatic heterocycles. The predicted octanol–water partition coefficient (Wildman–Crippen LogP) is 4.95. The molecule has 24 heavy (non-hydrogen) atoms. The van der Waals surface area contributed by atoms with Crippen LogP contribution in [-0.2, 0) is 11.3 Å². The molecule has 1 amide bonds. The van der Waals surface area contributed by atoms with Gasteiger partial charge in [-0.15, -0.1) is 0 Å². The molecule has 5 heteroatoms. The van der Waals surface area contributed by atoms with Gasteiger partial charge in [-0.05, 0) is 55.8 Å². The first kappa shape index (κ1) is 17.5. The van der Waals surface area contributed by atoms with Crippen LogP contribution in [0.15, 0.2) is 53.0 Å². The van der Waals surface area contributed by atoms with Crippen LogP contribution in [0.3, 0.4) is 0 Å². The maximum absolute atomic E-state index is 12.4. The van der Waals surface area contributed by atoms with Crippen molar-refractivity contribution in [1.82, 2.24) is 4.90 Å². The molecule has 2 aromatic carbocycles. The van der Waals surface area contributed by atoms with Gasteiger partial charge >= 0.3 is 0 Å². The van der Waals surface area contributed by atoms with Crippen molar-refractivity contribution in [2.75, 3.05) is 18.4 Å². The Kier molecular flexibility index (Phi) is 5.93. The summed E-state index contributed by atoms with van der Waals surface area (Å²) in [5.41, 5.74) is 1.99. The van der Waals surface area contributed by atoms with Gasteiger partial charge in [-0.3, -0.25) is 9.69 Å². The molecule has 1 aliphatic rings. The number of piperidine rings is 1. The lowest BCUT2D eigenvalue weighted by atomic mass is 9.95. The van der Waals surface area contributed by atoms with Crippen molar-refractivity contribution < 1.29 is 4.79 Å². The fourth-order valence-electron chi connectivity index (χ4n) is 3.04. The van der Waals surface area contributed by atoms with Gasteiger partial charge < -0.3 is 5.32 Å². The number of anilines is 1. The number of nitrogens with one attached hydrogen (secondary N) is 1. The van der Waals surface area contributed by atoms with Crippen LogP contribution < -0.4 is 5.32 Å². The monoisotopic (exact) mass is 406 g/mol. The van der Waals surface area contributed by atoms with E-state index in [1.807, 2.05) is 24.3 Å². The van der Waals surface area contributed by atoms with E-state index in [1.54, 1.807) is 6.07 Å². The Morgan fingerprint density at radius 3 is 2.62 bits per heavy atom. The molecule has 1 saturated heterocycles. The van der Waals surface area contributed by atoms with Gasteiger partial charge in [0.25, 0.3) is 0 Å². The molecule has 1 heterocycles. The Labute approximate surface area is 156 Å². The Hall–Kier alpha value is -1.36. The first-order valence-corrected chi connectivity index (χ1v) is 9.31. The van der Waals surface area contributed by atoms with Gasteiger partial charge in [0.05, 0.1) is 10.7 Å². The molecule has 3 nitrogen and oxygen atoms in total. The van der Waals surface area contributed by atoms with Gasteiger partial charge in [-0.1, -0.05) is 51.8 Å². The van der Waals surface area contributed by atoms with Crippen molar-refractivity contribution in [3.8, 4) is 0 Å². The number of carbonyl (C=O) groups is 1. The largest absolute Gasteiger partial charge is 0.325 e. The highest BCUT2D eigenvalue weighted by atomic mass is 79.9. The Morgan fingerprint density at radius 1 is 1.17 bits per heavy atom. The number of hydrogen-bond acceptors (Lipinski definition) is 2. The molecule has 0 radical (unpaired) electrons. The summed E-state index contributed by atoms with van der Waals surface area (Å²) in [4.78, 5) is 14.8. The van der Waals surface area contributed by atoms with Crippen molar-refractivity contribution in [2.45, 2.75) is 19.4 Å². The summed E-state index contributed by atoms with van der Waals surface area (Å²) in [6, 6.07) is 15.7. The highest BCUT2D eigenvalue weighted by Crippen LogP contribution is 2.25. The van der Waals surface area contributed by atoms with Gasteiger partial charge in [0.1, 0.15) is 0 Å². The van der Waals surface area contributed by atoms with Crippen LogP contribution in [0.2, 0.25) is 5.02 Å². The Balaban J connectivity index is 1.51. The third kappa shape index (κ3) is 4.59. The van der Waals surface area contributed by atoms with Gasteiger partial charge in [0, 0.05) is 16.9 Å². The molecular weight excluding hydrogens is 388 g/mol. The second-order valence-electron chi connectivity index (χ2n) is 6.15. The smallest absolute Gasteiger partial charge is 0.227 e. The first-order chi connectivity index (χ1) is 11.6. The van der Waals surface area contributed by atoms with E-state index in [0.29, 0.717) is 10.7 Å². The molecule has 0 unspecified atom stereocenters. The first-order valence-electron chi connectivity index (χ1n) is 8.14. The lowest BCUT2D eigenvalue weighted by Gasteiger charge is -2.31. The topological polar surface area (TPSA) is 32.3 Å². The predicted molar refractivity (Wildman–Crippen MR) is 102 cm³/mol. The van der Waals surface area contributed by atoms with Crippen LogP contribution in [0.25, 0.3) is 0 Å². The van der Waals surface area contributed by atoms with Crippen LogP contribution in [-0.4, -0.2) is 23.9 Å². The zero-order valence-electron chi connectivity index (χ0n) is 13.3. The molecule has 126 valence electrons. The lowest BCUT2D eigenvalue weighted by Crippen LogP contribution is -2.37. The maximum atomic E-state index is 12.4. The third-order valence-corrected chi connectivity index (χ3v) is 5.21. The maximum Gasteiger partial charge on any atom is 0.227 e. The van der Waals surface area contributed by atoms with E-state index < -0.39 is 0 Å². The molecule has 0 aromatic heterocycles. The second kappa shape index (κ2) is 8.15. The minimum absolute atomic E-state index is 0.0556. The quantitative estimate of drug-likeness (QED) is 0.777. The number of carbonyl (C=O) groups excluding carboxylic acids is 1. The molecule has 0 bridgehead atoms. The number of rotatable bonds is 4. The third-order valence-electron chi connectivity index (χ3n) is 4.39. The number of halogens is 2. The van der Waals surface area contributed by atoms with E-state index >= 15 is 0 Å². The molecule has 0 aliphatic carbocycles. The standard InChI is InChI=1S/C19H20BrClN2O/c20-16-5-3-4-14(12-16)13-23-10-8-15(9-11-23)19(24)22-18-7-2-1-6-17(18)21/h1-7,12,15H,8-11,13H2,(H,22,24). The van der Waals surface area contributed by atoms with Gasteiger partial charge in [0.2, 0.25) is 5.91 Å². The summed E-state index contributed by atoms with van der Waals surface area (Å²) < 4.78 is 1.11. The number of hydrogen-bond donors (Lipinski definition) is 1. The van der Waals surface area contributed by atoms with Crippen LogP contribution in [0.5, 0.6) is 0 Å². The van der Waals surface area contributed by atoms with Crippen molar-refractivity contribution in [1.29, 1.82) is 0 Å². The van der Waals surface area contributed by atoms with Crippen molar-refractivity contribution in [3.05, 3.63) is 63.6 Å². The summed E-state index contributed by atoms with van der Waals surface area (Å²) in [5.74, 6) is 0.130. The Bertz CT molecular complexity index is 714. The lowest BCUT2D eigenvalue weighted by molar-refractivity contribution is -0.121. The van der Waals surface area contributed by atoms with Crippen molar-refractivity contribution >= 4 is 39.1 Å². The molecule has 2 aromatic rings. The number of likely N-dealkylation sites (tertiary alicyclic amines) is 1. The average molecular weight is 408 g/mol. The second-order valence-corrected chi connectivity index (χ2v) is 7.47. The molecular formula is C19H20BrClN2O. The number of nitrogens with zero attached hydrogens (tertiary/aromatic N) is 1. The van der Waals surface area contributed by atoms with E-state index in [2.05, 4.69) is 44.3 Å². The van der Waals surface area contributed by atoms with E-state index in [9.17, 15) is 4.79 Å². The minimum atomic E-state index is 0.0556. The van der Waals surface area contributed by atoms with E-state index in [0.717, 1.165) is 36.9 Å². The van der Waals surface area contributed by atoms with Crippen LogP contribution >= 0.6 is 27.5 Å². The van der Waals surface area contributed by atoms with E-state index in [4.69, 9.17) is 11.6 Å². The van der Waals surface area contributed by atoms with Crippen LogP contribution in [0, 0.1) is 5.92 Å². The molecule has 0 spiro atoms. The van der Waals surface area contributed by atoms with Gasteiger partial charge in [0.15, 0.2) is 0 Å². The van der Waals surface area contributed by atoms with Crippen molar-refractivity contribution in [3.63, 3.8) is 0 Å². The molecule has 0 atom stereocenters. The highest BCUT2D eigenvalue weighted by Gasteiger charge is 2.25. The zero-order chi connectivity index (χ0) is 16.9. The molecule has 1 fully saturated rings. The Morgan fingerprint density at radius 2 is 1.92 bits per heavy atom. The summed E-state index contributed by atoms with van der Waals surface area (Å²) >= 11 is 9.62. The summed E-state index contributed by atoms with van der Waals surface area (Å²) in [6.45, 7) is 2.80. The fourth-order valence-corrected chi connectivity index (χ4v) is 3.67. The SMILES string of the molecule is O=C(Nc1ccccc1Cl)C1CCN(Cc2cccc(Br)c2)CC1. The average Bonchev–Trinajstić information content (AvgIpc) is 2.57. The summed E-state index contributed by atoms with van der Waals surface area (Å²) in [6.07, 6.45) is 1.76. The number of amides is 1. The highest BCUT2D eigenvalue weighted by molar-refractivity contribution is 9.10. The normalized spacial score (nSPS) is 16.1. The fraction of sp³-hybridized carbons (Fsp3) is 0.316. The van der Waals surface area contributed by atoms with Crippen LogP contribution in [0.1, 0.15) is 18.4 Å². The number of benzene rings is 2. The van der Waals surface area contributed by atoms with Gasteiger partial charge in [-0.2, -0.15) is 0 Å². The van der Waals surface area contributed by atoms with Crippen molar-refractivity contribution in [2.24, 2.45) is 5.92 Å². The summed E-state index contributed by atoms with van der Waals surface area (Å²) in [7, 11) is 0. The van der Waals surface area contributed by atoms with E-state index in [-0.39, 0.29) is 11.8 Å². The summed E-state index contributed by atoms with van der Waals surface area (Å²) in [5, 5.41) is 3.54. The molecule has 1 N–H and O–H groups in total. The minimum Gasteiger partial charge on any atom is -0.325 e. The van der Waals surface area contributed by atoms with Gasteiger partial charge in [-0.25, -0.2) is 0 Å².